The number of nitrogens with two attached hydrogens (primary N) is 1. The minimum absolute atomic E-state index is 0.148. The van der Waals surface area contributed by atoms with E-state index in [9.17, 15) is 0 Å². The summed E-state index contributed by atoms with van der Waals surface area (Å²) < 4.78 is 10.3. The third kappa shape index (κ3) is 6.33. The molecule has 102 valence electrons. The van der Waals surface area contributed by atoms with Crippen LogP contribution in [0, 0.1) is 0 Å². The first-order chi connectivity index (χ1) is 8.26. The van der Waals surface area contributed by atoms with Gasteiger partial charge in [-0.25, -0.2) is 0 Å². The van der Waals surface area contributed by atoms with Crippen LogP contribution in [0.4, 0.5) is 0 Å². The van der Waals surface area contributed by atoms with E-state index in [1.54, 1.807) is 14.2 Å². The lowest BCUT2D eigenvalue weighted by atomic mass is 10.1. The fourth-order valence-corrected chi connectivity index (χ4v) is 2.07. The average molecular weight is 245 g/mol. The molecule has 1 fully saturated rings. The molecule has 3 N–H and O–H groups in total. The molecule has 0 aromatic heterocycles. The van der Waals surface area contributed by atoms with Crippen LogP contribution < -0.4 is 11.1 Å². The molecule has 0 radical (unpaired) electrons. The molecule has 1 rings (SSSR count). The summed E-state index contributed by atoms with van der Waals surface area (Å²) in [5, 5.41) is 3.40. The highest BCUT2D eigenvalue weighted by molar-refractivity contribution is 4.74. The van der Waals surface area contributed by atoms with Gasteiger partial charge in [0.15, 0.2) is 0 Å². The van der Waals surface area contributed by atoms with Gasteiger partial charge in [0.1, 0.15) is 0 Å². The van der Waals surface area contributed by atoms with Gasteiger partial charge in [0.25, 0.3) is 0 Å². The Balaban J connectivity index is 1.99. The van der Waals surface area contributed by atoms with E-state index in [4.69, 9.17) is 15.2 Å². The van der Waals surface area contributed by atoms with E-state index in [0.29, 0.717) is 12.6 Å². The lowest BCUT2D eigenvalue weighted by Crippen LogP contribution is -2.43. The van der Waals surface area contributed by atoms with Crippen molar-refractivity contribution in [2.45, 2.75) is 25.0 Å². The maximum Gasteiger partial charge on any atom is 0.0928 e. The van der Waals surface area contributed by atoms with Crippen LogP contribution in [0.15, 0.2) is 0 Å². The first kappa shape index (κ1) is 14.9. The second kappa shape index (κ2) is 8.83. The highest BCUT2D eigenvalue weighted by Gasteiger charge is 2.15. The van der Waals surface area contributed by atoms with Gasteiger partial charge in [0, 0.05) is 39.9 Å². The fraction of sp³-hybridized carbons (Fsp3) is 1.00. The first-order valence-corrected chi connectivity index (χ1v) is 6.46. The molecule has 0 bridgehead atoms. The number of rotatable bonds is 8. The molecule has 0 amide bonds. The Kier molecular flexibility index (Phi) is 7.72. The molecule has 1 saturated heterocycles. The molecule has 0 aromatic carbocycles. The van der Waals surface area contributed by atoms with Crippen LogP contribution in [0.1, 0.15) is 12.8 Å². The number of nitrogens with zero attached hydrogens (tertiary/aromatic N) is 1. The predicted molar refractivity (Wildman–Crippen MR) is 69.2 cm³/mol. The van der Waals surface area contributed by atoms with E-state index in [-0.39, 0.29) is 6.10 Å². The van der Waals surface area contributed by atoms with E-state index < -0.39 is 0 Å². The summed E-state index contributed by atoms with van der Waals surface area (Å²) >= 11 is 0. The van der Waals surface area contributed by atoms with Gasteiger partial charge >= 0.3 is 0 Å². The number of piperidine rings is 1. The third-order valence-corrected chi connectivity index (χ3v) is 3.29. The third-order valence-electron chi connectivity index (χ3n) is 3.29. The van der Waals surface area contributed by atoms with Crippen molar-refractivity contribution < 1.29 is 9.47 Å². The Morgan fingerprint density at radius 3 is 2.65 bits per heavy atom. The van der Waals surface area contributed by atoms with E-state index in [1.165, 1.54) is 0 Å². The van der Waals surface area contributed by atoms with Crippen LogP contribution in [-0.4, -0.2) is 70.6 Å². The number of hydrogen-bond acceptors (Lipinski definition) is 5. The van der Waals surface area contributed by atoms with Gasteiger partial charge in [-0.2, -0.15) is 0 Å². The van der Waals surface area contributed by atoms with Crippen LogP contribution in [-0.2, 0) is 9.47 Å². The monoisotopic (exact) mass is 245 g/mol. The van der Waals surface area contributed by atoms with Crippen molar-refractivity contribution >= 4 is 0 Å². The Labute approximate surface area is 105 Å². The maximum absolute atomic E-state index is 5.87. The van der Waals surface area contributed by atoms with Gasteiger partial charge in [-0.15, -0.1) is 0 Å². The molecule has 5 heteroatoms. The van der Waals surface area contributed by atoms with Crippen LogP contribution in [0.5, 0.6) is 0 Å². The summed E-state index contributed by atoms with van der Waals surface area (Å²) in [5.74, 6) is 0. The lowest BCUT2D eigenvalue weighted by molar-refractivity contribution is 0.0286. The van der Waals surface area contributed by atoms with E-state index in [2.05, 4.69) is 10.2 Å². The van der Waals surface area contributed by atoms with Gasteiger partial charge in [-0.1, -0.05) is 0 Å². The quantitative estimate of drug-likeness (QED) is 0.573. The zero-order valence-electron chi connectivity index (χ0n) is 11.2. The molecule has 0 saturated carbocycles. The van der Waals surface area contributed by atoms with Crippen molar-refractivity contribution in [1.82, 2.24) is 10.2 Å². The van der Waals surface area contributed by atoms with Gasteiger partial charge < -0.3 is 25.4 Å². The molecule has 0 spiro atoms. The Hall–Kier alpha value is -0.200. The molecule has 0 aromatic rings. The minimum Gasteiger partial charge on any atom is -0.382 e. The van der Waals surface area contributed by atoms with Gasteiger partial charge in [0.05, 0.1) is 12.7 Å². The summed E-state index contributed by atoms with van der Waals surface area (Å²) in [4.78, 5) is 2.47. The number of methoxy groups -OCH3 is 2. The smallest absolute Gasteiger partial charge is 0.0928 e. The van der Waals surface area contributed by atoms with Crippen molar-refractivity contribution in [3.05, 3.63) is 0 Å². The fourth-order valence-electron chi connectivity index (χ4n) is 2.07. The standard InChI is InChI=1S/C12H27N3O2/c1-16-10-12(17-2)9-14-5-8-15-6-3-11(13)4-7-15/h11-12,14H,3-10,13H2,1-2H3. The number of hydrogen-bond donors (Lipinski definition) is 2. The van der Waals surface area contributed by atoms with Crippen LogP contribution >= 0.6 is 0 Å². The highest BCUT2D eigenvalue weighted by atomic mass is 16.5. The number of ether oxygens (including phenoxy) is 2. The predicted octanol–water partition coefficient (Wildman–Crippen LogP) is -0.339. The topological polar surface area (TPSA) is 59.8 Å². The molecule has 17 heavy (non-hydrogen) atoms. The van der Waals surface area contributed by atoms with Crippen molar-refractivity contribution in [2.24, 2.45) is 5.73 Å². The van der Waals surface area contributed by atoms with Crippen molar-refractivity contribution in [3.63, 3.8) is 0 Å². The molecule has 0 aliphatic carbocycles. The molecule has 1 heterocycles. The van der Waals surface area contributed by atoms with Crippen LogP contribution in [0.2, 0.25) is 0 Å². The van der Waals surface area contributed by atoms with Gasteiger partial charge in [-0.05, 0) is 25.9 Å². The minimum atomic E-state index is 0.148. The zero-order chi connectivity index (χ0) is 12.5. The summed E-state index contributed by atoms with van der Waals surface area (Å²) in [6, 6.07) is 0.416. The molecule has 1 unspecified atom stereocenters. The molecule has 1 aliphatic rings. The number of nitrogens with one attached hydrogen (secondary N) is 1. The van der Waals surface area contributed by atoms with Crippen LogP contribution in [0.3, 0.4) is 0 Å². The lowest BCUT2D eigenvalue weighted by Gasteiger charge is -2.30. The largest absolute Gasteiger partial charge is 0.382 e. The summed E-state index contributed by atoms with van der Waals surface area (Å²) in [7, 11) is 3.42. The summed E-state index contributed by atoms with van der Waals surface area (Å²) in [6.45, 7) is 5.85. The normalized spacial score (nSPS) is 20.6. The molecule has 1 aliphatic heterocycles. The number of likely N-dealkylation sites (tertiary alicyclic amines) is 1. The Bertz CT molecular complexity index is 185. The highest BCUT2D eigenvalue weighted by Crippen LogP contribution is 2.06. The summed E-state index contributed by atoms with van der Waals surface area (Å²) in [5.41, 5.74) is 5.87. The Morgan fingerprint density at radius 2 is 2.06 bits per heavy atom. The van der Waals surface area contributed by atoms with Gasteiger partial charge in [-0.3, -0.25) is 0 Å². The maximum atomic E-state index is 5.87. The van der Waals surface area contributed by atoms with Crippen molar-refractivity contribution in [1.29, 1.82) is 0 Å². The zero-order valence-corrected chi connectivity index (χ0v) is 11.2. The second-order valence-corrected chi connectivity index (χ2v) is 4.70. The SMILES string of the molecule is COCC(CNCCN1CCC(N)CC1)OC. The van der Waals surface area contributed by atoms with E-state index in [1.807, 2.05) is 0 Å². The molecule has 1 atom stereocenters. The average Bonchev–Trinajstić information content (AvgIpc) is 2.35. The molecular formula is C12H27N3O2. The van der Waals surface area contributed by atoms with E-state index in [0.717, 1.165) is 45.6 Å². The summed E-state index contributed by atoms with van der Waals surface area (Å²) in [6.07, 6.45) is 2.41. The van der Waals surface area contributed by atoms with Crippen molar-refractivity contribution in [2.75, 3.05) is 53.6 Å². The van der Waals surface area contributed by atoms with E-state index >= 15 is 0 Å². The van der Waals surface area contributed by atoms with Crippen LogP contribution in [0.25, 0.3) is 0 Å². The van der Waals surface area contributed by atoms with Crippen molar-refractivity contribution in [3.8, 4) is 0 Å². The van der Waals surface area contributed by atoms with Gasteiger partial charge in [0.2, 0.25) is 0 Å². The second-order valence-electron chi connectivity index (χ2n) is 4.70. The first-order valence-electron chi connectivity index (χ1n) is 6.46. The Morgan fingerprint density at radius 1 is 1.35 bits per heavy atom. The molecular weight excluding hydrogens is 218 g/mol. The molecule has 5 nitrogen and oxygen atoms in total.